The molecule has 0 bridgehead atoms. The van der Waals surface area contributed by atoms with Crippen molar-refractivity contribution in [3.8, 4) is 0 Å². The summed E-state index contributed by atoms with van der Waals surface area (Å²) in [6, 6.07) is 0. The Labute approximate surface area is 183 Å². The number of rotatable bonds is 9. The molecule has 2 heterocycles. The third-order valence-electron chi connectivity index (χ3n) is 5.49. The maximum atomic E-state index is 12.3. The van der Waals surface area contributed by atoms with Gasteiger partial charge in [0.15, 0.2) is 23.1 Å². The van der Waals surface area contributed by atoms with Gasteiger partial charge >= 0.3 is 0 Å². The number of hydrogen-bond acceptors (Lipinski definition) is 16. The average molecular weight is 511 g/mol. The molecular formula is C14H23O16S2-3. The molecule has 10 atom stereocenters. The number of ether oxygens (including phenoxy) is 4. The number of hydrogen-bond donors (Lipinski definition) is 1. The van der Waals surface area contributed by atoms with E-state index in [0.29, 0.717) is 0 Å². The molecule has 2 aliphatic heterocycles. The van der Waals surface area contributed by atoms with E-state index in [9.17, 15) is 37.7 Å². The average Bonchev–Trinajstić information content (AvgIpc) is 2.74. The van der Waals surface area contributed by atoms with Crippen LogP contribution in [0.3, 0.4) is 0 Å². The van der Waals surface area contributed by atoms with Crippen molar-refractivity contribution in [2.24, 2.45) is 5.92 Å². The van der Waals surface area contributed by atoms with Crippen molar-refractivity contribution in [3.63, 3.8) is 0 Å². The van der Waals surface area contributed by atoms with Gasteiger partial charge in [0.05, 0.1) is 12.2 Å². The zero-order valence-electron chi connectivity index (χ0n) is 17.2. The van der Waals surface area contributed by atoms with Crippen molar-refractivity contribution in [2.45, 2.75) is 74.4 Å². The summed E-state index contributed by atoms with van der Waals surface area (Å²) in [4.78, 5) is 4.47. The highest BCUT2D eigenvalue weighted by Crippen LogP contribution is 2.37. The monoisotopic (exact) mass is 511 g/mol. The zero-order chi connectivity index (χ0) is 24.4. The second-order valence-electron chi connectivity index (χ2n) is 7.29. The minimum absolute atomic E-state index is 0.867. The van der Waals surface area contributed by atoms with Crippen LogP contribution in [0.15, 0.2) is 0 Å². The normalized spacial score (nSPS) is 41.5. The Morgan fingerprint density at radius 1 is 0.812 bits per heavy atom. The van der Waals surface area contributed by atoms with Crippen molar-refractivity contribution >= 4 is 20.2 Å². The third kappa shape index (κ3) is 5.39. The van der Waals surface area contributed by atoms with Crippen LogP contribution in [0.5, 0.6) is 0 Å². The molecule has 0 aliphatic carbocycles. The summed E-state index contributed by atoms with van der Waals surface area (Å²) in [5.74, 6) is -0.867. The fourth-order valence-corrected chi connectivity index (χ4v) is 5.82. The van der Waals surface area contributed by atoms with Crippen LogP contribution in [-0.4, -0.2) is 82.7 Å². The Hall–Kier alpha value is -0.580. The molecule has 0 aromatic carbocycles. The van der Waals surface area contributed by atoms with Crippen molar-refractivity contribution < 1.29 is 75.3 Å². The Balaban J connectivity index is 2.53. The highest BCUT2D eigenvalue weighted by atomic mass is 32.2. The molecule has 32 heavy (non-hydrogen) atoms. The molecule has 2 aliphatic rings. The minimum atomic E-state index is -5.09. The molecule has 0 aromatic heterocycles. The van der Waals surface area contributed by atoms with E-state index in [1.807, 2.05) is 0 Å². The maximum Gasteiger partial charge on any atom is 0.269 e. The lowest BCUT2D eigenvalue weighted by Crippen LogP contribution is -2.65. The predicted molar refractivity (Wildman–Crippen MR) is 89.3 cm³/mol. The van der Waals surface area contributed by atoms with E-state index < -0.39 is 79.8 Å². The van der Waals surface area contributed by atoms with Gasteiger partial charge in [0.1, 0.15) is 18.3 Å². The lowest BCUT2D eigenvalue weighted by Gasteiger charge is -2.47. The van der Waals surface area contributed by atoms with Crippen LogP contribution in [0.1, 0.15) is 20.8 Å². The van der Waals surface area contributed by atoms with Crippen LogP contribution in [0.25, 0.3) is 0 Å². The van der Waals surface area contributed by atoms with E-state index in [1.54, 1.807) is 0 Å². The molecule has 2 fully saturated rings. The van der Waals surface area contributed by atoms with Crippen LogP contribution in [0, 0.1) is 5.92 Å². The van der Waals surface area contributed by atoms with E-state index in [-0.39, 0.29) is 0 Å². The fraction of sp³-hybridized carbons (Fsp3) is 1.00. The summed E-state index contributed by atoms with van der Waals surface area (Å²) in [5, 5.41) is 41.9. The van der Waals surface area contributed by atoms with Crippen molar-refractivity contribution in [3.05, 3.63) is 0 Å². The molecule has 16 nitrogen and oxygen atoms in total. The topological polar surface area (TPSA) is 232 Å². The lowest BCUT2D eigenvalue weighted by atomic mass is 9.93. The molecule has 4 unspecified atom stereocenters. The highest BCUT2D eigenvalue weighted by molar-refractivity contribution is 7.87. The lowest BCUT2D eigenvalue weighted by molar-refractivity contribution is -0.806. The molecule has 0 radical (unpaired) electrons. The van der Waals surface area contributed by atoms with Crippen LogP contribution >= 0.6 is 0 Å². The quantitative estimate of drug-likeness (QED) is 0.225. The van der Waals surface area contributed by atoms with Crippen LogP contribution in [0.4, 0.5) is 0 Å². The molecule has 190 valence electrons. The standard InChI is InChI=1S/C14H26O16S2/c1-5-6(2)24-14(11(9(5)27-28-16)31(19,20)29-17)26-10-8(15)7(3)25-13(23-4)12(10)32(21,22)30-18/h5-18H,1-4H3/p-3/t5-,6?,7?,8+,9+,10+,11?,12?,13-,14+/m1/s1. The van der Waals surface area contributed by atoms with Gasteiger partial charge in [-0.25, -0.2) is 4.89 Å². The first-order valence-electron chi connectivity index (χ1n) is 9.09. The highest BCUT2D eigenvalue weighted by Gasteiger charge is 2.57. The molecule has 1 N–H and O–H groups in total. The van der Waals surface area contributed by atoms with E-state index in [2.05, 4.69) is 18.6 Å². The molecule has 18 heteroatoms. The molecule has 2 rings (SSSR count). The van der Waals surface area contributed by atoms with Gasteiger partial charge in [-0.15, -0.1) is 0 Å². The molecule has 0 amide bonds. The fourth-order valence-electron chi connectivity index (χ4n) is 3.61. The summed E-state index contributed by atoms with van der Waals surface area (Å²) in [6.45, 7) is 4.15. The Morgan fingerprint density at radius 2 is 1.31 bits per heavy atom. The first kappa shape index (κ1) is 27.7. The molecule has 2 saturated heterocycles. The largest absolute Gasteiger partial charge is 0.707 e. The molecule has 0 saturated carbocycles. The second-order valence-corrected chi connectivity index (χ2v) is 10.6. The summed E-state index contributed by atoms with van der Waals surface area (Å²) < 4.78 is 76.7. The van der Waals surface area contributed by atoms with Crippen LogP contribution in [-0.2, 0) is 57.8 Å². The van der Waals surface area contributed by atoms with Crippen LogP contribution in [0.2, 0.25) is 0 Å². The SMILES string of the molecule is CO[C@@H]1OC(C)[C@H](O)[C@H](O[C@@H]2OC(C)[C@@H](C)[C@H](OO[O-])C2S(=O)(=O)O[O-])C1S(=O)(=O)O[O-]. The van der Waals surface area contributed by atoms with E-state index >= 15 is 0 Å². The Morgan fingerprint density at radius 3 is 1.78 bits per heavy atom. The van der Waals surface area contributed by atoms with Crippen molar-refractivity contribution in [2.75, 3.05) is 7.11 Å². The summed E-state index contributed by atoms with van der Waals surface area (Å²) in [7, 11) is -9.10. The van der Waals surface area contributed by atoms with Crippen molar-refractivity contribution in [1.82, 2.24) is 0 Å². The van der Waals surface area contributed by atoms with Gasteiger partial charge in [0.25, 0.3) is 20.2 Å². The molecular weight excluding hydrogens is 488 g/mol. The van der Waals surface area contributed by atoms with Gasteiger partial charge in [-0.1, -0.05) is 6.92 Å². The smallest absolute Gasteiger partial charge is 0.269 e. The molecule has 0 spiro atoms. The molecule has 0 aromatic rings. The Bertz CT molecular complexity index is 817. The number of aliphatic hydroxyl groups is 1. The first-order chi connectivity index (χ1) is 14.9. The summed E-state index contributed by atoms with van der Waals surface area (Å²) in [5.41, 5.74) is 0. The van der Waals surface area contributed by atoms with E-state index in [0.717, 1.165) is 7.11 Å². The summed E-state index contributed by atoms with van der Waals surface area (Å²) >= 11 is 0. The second kappa shape index (κ2) is 10.8. The predicted octanol–water partition coefficient (Wildman–Crippen LogP) is -4.92. The first-order valence-corrected chi connectivity index (χ1v) is 12.0. The number of aliphatic hydroxyl groups excluding tert-OH is 1. The minimum Gasteiger partial charge on any atom is -0.707 e. The maximum absolute atomic E-state index is 12.3. The van der Waals surface area contributed by atoms with Gasteiger partial charge in [-0.05, 0) is 13.8 Å². The van der Waals surface area contributed by atoms with E-state index in [1.165, 1.54) is 20.8 Å². The zero-order valence-corrected chi connectivity index (χ0v) is 18.8. The van der Waals surface area contributed by atoms with E-state index in [4.69, 9.17) is 18.9 Å². The third-order valence-corrected chi connectivity index (χ3v) is 8.18. The summed E-state index contributed by atoms with van der Waals surface area (Å²) in [6.07, 6.45) is -11.1. The van der Waals surface area contributed by atoms with Gasteiger partial charge in [-0.3, -0.25) is 5.04 Å². The van der Waals surface area contributed by atoms with Gasteiger partial charge < -0.3 is 48.5 Å². The van der Waals surface area contributed by atoms with Gasteiger partial charge in [0, 0.05) is 13.0 Å². The number of methoxy groups -OCH3 is 1. The van der Waals surface area contributed by atoms with Gasteiger partial charge in [-0.2, -0.15) is 16.8 Å². The van der Waals surface area contributed by atoms with Gasteiger partial charge in [0.2, 0.25) is 0 Å². The Kier molecular flexibility index (Phi) is 9.32. The van der Waals surface area contributed by atoms with Crippen molar-refractivity contribution in [1.29, 1.82) is 0 Å². The van der Waals surface area contributed by atoms with Crippen LogP contribution < -0.4 is 15.8 Å².